The molecule has 1 atom stereocenters. The van der Waals surface area contributed by atoms with Crippen LogP contribution in [0.1, 0.15) is 12.8 Å². The number of amides is 1. The standard InChI is InChI=1S/C24H22ClN3O3S2/c1-27-22-20-7-3-2-5-16(20)8-13-21(22)32-24(27)26-23(29)17-6-4-14-28(15-17)33(30,31)19-11-9-18(25)10-12-19/h2-3,5,7-13,17H,4,6,14-15H2,1H3. The van der Waals surface area contributed by atoms with Crippen LogP contribution in [0.2, 0.25) is 5.02 Å². The number of sulfonamides is 1. The van der Waals surface area contributed by atoms with Crippen molar-refractivity contribution in [3.63, 3.8) is 0 Å². The number of halogens is 1. The number of benzene rings is 3. The predicted octanol–water partition coefficient (Wildman–Crippen LogP) is 4.57. The van der Waals surface area contributed by atoms with E-state index in [0.717, 1.165) is 21.0 Å². The number of thiazole rings is 1. The third kappa shape index (κ3) is 4.12. The fourth-order valence-corrected chi connectivity index (χ4v) is 7.02. The highest BCUT2D eigenvalue weighted by molar-refractivity contribution is 7.89. The molecule has 1 aliphatic rings. The number of aryl methyl sites for hydroxylation is 1. The van der Waals surface area contributed by atoms with E-state index in [-0.39, 0.29) is 17.3 Å². The smallest absolute Gasteiger partial charge is 0.252 e. The number of aromatic nitrogens is 1. The van der Waals surface area contributed by atoms with Gasteiger partial charge in [0.2, 0.25) is 10.0 Å². The molecule has 0 radical (unpaired) electrons. The summed E-state index contributed by atoms with van der Waals surface area (Å²) in [6.45, 7) is 0.516. The van der Waals surface area contributed by atoms with Crippen molar-refractivity contribution in [3.05, 3.63) is 70.5 Å². The van der Waals surface area contributed by atoms with Crippen LogP contribution in [0, 0.1) is 5.92 Å². The molecule has 4 aromatic rings. The van der Waals surface area contributed by atoms with E-state index >= 15 is 0 Å². The van der Waals surface area contributed by atoms with Gasteiger partial charge in [-0.3, -0.25) is 4.79 Å². The Kier molecular flexibility index (Phi) is 5.86. The third-order valence-electron chi connectivity index (χ3n) is 6.08. The number of rotatable bonds is 3. The summed E-state index contributed by atoms with van der Waals surface area (Å²) < 4.78 is 30.5. The van der Waals surface area contributed by atoms with Crippen molar-refractivity contribution in [2.45, 2.75) is 17.7 Å². The van der Waals surface area contributed by atoms with Crippen LogP contribution in [0.4, 0.5) is 0 Å². The molecule has 3 aromatic carbocycles. The Morgan fingerprint density at radius 1 is 1.09 bits per heavy atom. The molecule has 0 bridgehead atoms. The molecule has 6 nitrogen and oxygen atoms in total. The van der Waals surface area contributed by atoms with Crippen LogP contribution in [0.25, 0.3) is 21.0 Å². The molecule has 5 rings (SSSR count). The fourth-order valence-electron chi connectivity index (χ4n) is 4.33. The minimum absolute atomic E-state index is 0.130. The van der Waals surface area contributed by atoms with Crippen molar-refractivity contribution in [2.75, 3.05) is 13.1 Å². The number of hydrogen-bond donors (Lipinski definition) is 0. The van der Waals surface area contributed by atoms with Gasteiger partial charge >= 0.3 is 0 Å². The van der Waals surface area contributed by atoms with E-state index in [2.05, 4.69) is 23.2 Å². The second kappa shape index (κ2) is 8.68. The van der Waals surface area contributed by atoms with Gasteiger partial charge in [-0.1, -0.05) is 53.3 Å². The molecule has 1 saturated heterocycles. The minimum atomic E-state index is -3.69. The SMILES string of the molecule is Cn1c(=NC(=O)C2CCCN(S(=O)(=O)c3ccc(Cl)cc3)C2)sc2ccc3ccccc3c21. The number of hydrogen-bond acceptors (Lipinski definition) is 4. The monoisotopic (exact) mass is 499 g/mol. The highest BCUT2D eigenvalue weighted by Gasteiger charge is 2.33. The summed E-state index contributed by atoms with van der Waals surface area (Å²) in [5, 5.41) is 2.72. The first-order chi connectivity index (χ1) is 15.8. The zero-order chi connectivity index (χ0) is 23.2. The van der Waals surface area contributed by atoms with Gasteiger partial charge in [0.05, 0.1) is 21.0 Å². The lowest BCUT2D eigenvalue weighted by Crippen LogP contribution is -2.42. The van der Waals surface area contributed by atoms with E-state index in [0.29, 0.717) is 29.2 Å². The summed E-state index contributed by atoms with van der Waals surface area (Å²) in [5.74, 6) is -0.750. The molecule has 0 saturated carbocycles. The number of carbonyl (C=O) groups is 1. The average molecular weight is 500 g/mol. The predicted molar refractivity (Wildman–Crippen MR) is 132 cm³/mol. The van der Waals surface area contributed by atoms with Gasteiger partial charge < -0.3 is 4.57 Å². The van der Waals surface area contributed by atoms with Crippen molar-refractivity contribution in [1.82, 2.24) is 8.87 Å². The minimum Gasteiger partial charge on any atom is -0.319 e. The normalized spacial score (nSPS) is 18.2. The fraction of sp³-hybridized carbons (Fsp3) is 0.250. The van der Waals surface area contributed by atoms with Crippen molar-refractivity contribution in [2.24, 2.45) is 18.0 Å². The van der Waals surface area contributed by atoms with E-state index in [4.69, 9.17) is 11.6 Å². The molecule has 1 unspecified atom stereocenters. The molecule has 1 amide bonds. The highest BCUT2D eigenvalue weighted by atomic mass is 35.5. The van der Waals surface area contributed by atoms with Gasteiger partial charge in [-0.15, -0.1) is 0 Å². The van der Waals surface area contributed by atoms with Gasteiger partial charge in [-0.25, -0.2) is 8.42 Å². The van der Waals surface area contributed by atoms with E-state index < -0.39 is 15.9 Å². The van der Waals surface area contributed by atoms with Gasteiger partial charge in [-0.2, -0.15) is 9.30 Å². The number of nitrogens with zero attached hydrogens (tertiary/aromatic N) is 3. The molecular formula is C24H22ClN3O3S2. The van der Waals surface area contributed by atoms with Crippen LogP contribution in [-0.2, 0) is 21.9 Å². The van der Waals surface area contributed by atoms with E-state index in [1.54, 1.807) is 12.1 Å². The molecule has 170 valence electrons. The van der Waals surface area contributed by atoms with Crippen LogP contribution in [0.3, 0.4) is 0 Å². The highest BCUT2D eigenvalue weighted by Crippen LogP contribution is 2.28. The zero-order valence-corrected chi connectivity index (χ0v) is 20.3. The van der Waals surface area contributed by atoms with Crippen molar-refractivity contribution in [1.29, 1.82) is 0 Å². The molecule has 0 spiro atoms. The maximum atomic E-state index is 13.1. The van der Waals surface area contributed by atoms with Gasteiger partial charge in [0.25, 0.3) is 5.91 Å². The first-order valence-electron chi connectivity index (χ1n) is 10.7. The molecule has 33 heavy (non-hydrogen) atoms. The lowest BCUT2D eigenvalue weighted by atomic mass is 9.99. The van der Waals surface area contributed by atoms with E-state index in [1.807, 2.05) is 29.8 Å². The lowest BCUT2D eigenvalue weighted by Gasteiger charge is -2.30. The number of carbonyl (C=O) groups excluding carboxylic acids is 1. The quantitative estimate of drug-likeness (QED) is 0.414. The molecule has 2 heterocycles. The summed E-state index contributed by atoms with van der Waals surface area (Å²) in [5.41, 5.74) is 1.04. The molecule has 0 N–H and O–H groups in total. The van der Waals surface area contributed by atoms with Gasteiger partial charge in [0.1, 0.15) is 0 Å². The molecule has 0 aliphatic carbocycles. The van der Waals surface area contributed by atoms with Gasteiger partial charge in [-0.05, 0) is 48.6 Å². The number of fused-ring (bicyclic) bond motifs is 3. The Morgan fingerprint density at radius 2 is 1.85 bits per heavy atom. The molecule has 1 fully saturated rings. The van der Waals surface area contributed by atoms with Gasteiger partial charge in [0.15, 0.2) is 4.80 Å². The van der Waals surface area contributed by atoms with Crippen molar-refractivity contribution < 1.29 is 13.2 Å². The second-order valence-electron chi connectivity index (χ2n) is 8.18. The zero-order valence-electron chi connectivity index (χ0n) is 17.9. The van der Waals surface area contributed by atoms with Crippen molar-refractivity contribution in [3.8, 4) is 0 Å². The summed E-state index contributed by atoms with van der Waals surface area (Å²) in [6.07, 6.45) is 1.23. The van der Waals surface area contributed by atoms with Crippen molar-refractivity contribution >= 4 is 59.9 Å². The largest absolute Gasteiger partial charge is 0.319 e. The molecule has 1 aromatic heterocycles. The van der Waals surface area contributed by atoms with Crippen LogP contribution < -0.4 is 4.80 Å². The first-order valence-corrected chi connectivity index (χ1v) is 13.3. The van der Waals surface area contributed by atoms with E-state index in [1.165, 1.54) is 27.8 Å². The summed E-state index contributed by atoms with van der Waals surface area (Å²) in [7, 11) is -1.78. The molecule has 1 aliphatic heterocycles. The third-order valence-corrected chi connectivity index (χ3v) is 9.31. The summed E-state index contributed by atoms with van der Waals surface area (Å²) >= 11 is 7.36. The topological polar surface area (TPSA) is 71.7 Å². The van der Waals surface area contributed by atoms with Crippen LogP contribution >= 0.6 is 22.9 Å². The van der Waals surface area contributed by atoms with Crippen LogP contribution in [0.5, 0.6) is 0 Å². The Labute approximate surface area is 200 Å². The maximum Gasteiger partial charge on any atom is 0.252 e. The average Bonchev–Trinajstić information content (AvgIpc) is 3.15. The summed E-state index contributed by atoms with van der Waals surface area (Å²) in [4.78, 5) is 18.3. The Hall–Kier alpha value is -2.52. The Bertz CT molecular complexity index is 1540. The van der Waals surface area contributed by atoms with Gasteiger partial charge in [0, 0.05) is 30.5 Å². The van der Waals surface area contributed by atoms with Crippen LogP contribution in [0.15, 0.2) is 70.6 Å². The number of piperidine rings is 1. The second-order valence-corrected chi connectivity index (χ2v) is 11.6. The maximum absolute atomic E-state index is 13.1. The summed E-state index contributed by atoms with van der Waals surface area (Å²) in [6, 6.07) is 18.4. The lowest BCUT2D eigenvalue weighted by molar-refractivity contribution is -0.122. The van der Waals surface area contributed by atoms with E-state index in [9.17, 15) is 13.2 Å². The Morgan fingerprint density at radius 3 is 2.64 bits per heavy atom. The Balaban J connectivity index is 1.45. The molecule has 9 heteroatoms. The molecular weight excluding hydrogens is 478 g/mol. The van der Waals surface area contributed by atoms with Crippen LogP contribution in [-0.4, -0.2) is 36.3 Å². The first kappa shape index (κ1) is 22.3.